The van der Waals surface area contributed by atoms with Crippen LogP contribution in [-0.2, 0) is 7.05 Å². The van der Waals surface area contributed by atoms with Crippen LogP contribution in [0.3, 0.4) is 0 Å². The van der Waals surface area contributed by atoms with Gasteiger partial charge in [0.05, 0.1) is 12.1 Å². The number of aromatic nitrogens is 1. The molecular weight excluding hydrogens is 288 g/mol. The minimum absolute atomic E-state index is 0.0565. The smallest absolute Gasteiger partial charge is 0.271 e. The average molecular weight is 305 g/mol. The first-order valence-corrected chi connectivity index (χ1v) is 7.31. The van der Waals surface area contributed by atoms with E-state index >= 15 is 0 Å². The second-order valence-corrected chi connectivity index (χ2v) is 5.79. The summed E-state index contributed by atoms with van der Waals surface area (Å²) in [4.78, 5) is 14.4. The summed E-state index contributed by atoms with van der Waals surface area (Å²) >= 11 is 5.91. The third kappa shape index (κ3) is 2.57. The van der Waals surface area contributed by atoms with Crippen molar-refractivity contribution >= 4 is 17.5 Å². The molecule has 110 valence electrons. The third-order valence-corrected chi connectivity index (χ3v) is 4.25. The lowest BCUT2D eigenvalue weighted by atomic mass is 10.0. The van der Waals surface area contributed by atoms with Gasteiger partial charge in [0, 0.05) is 24.8 Å². The van der Waals surface area contributed by atoms with Gasteiger partial charge in [-0.3, -0.25) is 4.79 Å². The maximum absolute atomic E-state index is 12.7. The second-order valence-electron chi connectivity index (χ2n) is 5.36. The third-order valence-electron chi connectivity index (χ3n) is 4.00. The molecule has 0 unspecified atom stereocenters. The van der Waals surface area contributed by atoms with Gasteiger partial charge in [-0.05, 0) is 36.2 Å². The molecule has 0 aliphatic carbocycles. The Hall–Kier alpha value is -1.78. The highest BCUT2D eigenvalue weighted by molar-refractivity contribution is 6.30. The maximum Gasteiger partial charge on any atom is 0.271 e. The molecule has 1 aromatic carbocycles. The number of nitrogens with zero attached hydrogens (tertiary/aromatic N) is 2. The number of likely N-dealkylation sites (tertiary alicyclic amines) is 1. The first-order valence-electron chi connectivity index (χ1n) is 6.94. The van der Waals surface area contributed by atoms with E-state index in [-0.39, 0.29) is 11.9 Å². The molecule has 1 saturated heterocycles. The molecule has 2 heterocycles. The van der Waals surface area contributed by atoms with Gasteiger partial charge in [-0.1, -0.05) is 23.7 Å². The van der Waals surface area contributed by atoms with Crippen LogP contribution < -0.4 is 0 Å². The SMILES string of the molecule is Cn1cccc1C(=O)N1CC[C@@H](O)[C@H]1c1ccc(Cl)cc1. The van der Waals surface area contributed by atoms with E-state index in [9.17, 15) is 9.90 Å². The molecule has 4 nitrogen and oxygen atoms in total. The normalized spacial score (nSPS) is 21.8. The Morgan fingerprint density at radius 1 is 1.29 bits per heavy atom. The van der Waals surface area contributed by atoms with Gasteiger partial charge >= 0.3 is 0 Å². The Balaban J connectivity index is 1.92. The van der Waals surface area contributed by atoms with E-state index in [0.29, 0.717) is 23.7 Å². The molecule has 3 rings (SSSR count). The summed E-state index contributed by atoms with van der Waals surface area (Å²) in [6.45, 7) is 0.554. The monoisotopic (exact) mass is 304 g/mol. The number of halogens is 1. The Labute approximate surface area is 128 Å². The van der Waals surface area contributed by atoms with Crippen molar-refractivity contribution in [1.29, 1.82) is 0 Å². The molecule has 2 atom stereocenters. The number of aliphatic hydroxyl groups excluding tert-OH is 1. The zero-order valence-corrected chi connectivity index (χ0v) is 12.5. The van der Waals surface area contributed by atoms with Crippen LogP contribution in [0.15, 0.2) is 42.6 Å². The van der Waals surface area contributed by atoms with Crippen molar-refractivity contribution in [2.24, 2.45) is 7.05 Å². The van der Waals surface area contributed by atoms with Crippen LogP contribution in [0.5, 0.6) is 0 Å². The number of benzene rings is 1. The average Bonchev–Trinajstić information content (AvgIpc) is 3.05. The fourth-order valence-electron chi connectivity index (χ4n) is 2.90. The van der Waals surface area contributed by atoms with Crippen LogP contribution in [-0.4, -0.2) is 33.1 Å². The molecule has 0 saturated carbocycles. The number of hydrogen-bond donors (Lipinski definition) is 1. The predicted molar refractivity (Wildman–Crippen MR) is 81.3 cm³/mol. The Morgan fingerprint density at radius 3 is 2.62 bits per heavy atom. The van der Waals surface area contributed by atoms with Gasteiger partial charge in [-0.25, -0.2) is 0 Å². The second kappa shape index (κ2) is 5.54. The summed E-state index contributed by atoms with van der Waals surface area (Å²) in [5, 5.41) is 10.9. The van der Waals surface area contributed by atoms with E-state index in [1.54, 1.807) is 27.7 Å². The van der Waals surface area contributed by atoms with Gasteiger partial charge in [-0.15, -0.1) is 0 Å². The molecule has 1 aliphatic heterocycles. The minimum Gasteiger partial charge on any atom is -0.391 e. The number of hydrogen-bond acceptors (Lipinski definition) is 2. The van der Waals surface area contributed by atoms with E-state index < -0.39 is 6.10 Å². The van der Waals surface area contributed by atoms with Gasteiger partial charge in [0.25, 0.3) is 5.91 Å². The van der Waals surface area contributed by atoms with Crippen molar-refractivity contribution in [2.45, 2.75) is 18.6 Å². The number of aryl methyl sites for hydroxylation is 1. The first-order chi connectivity index (χ1) is 10.1. The summed E-state index contributed by atoms with van der Waals surface area (Å²) in [5.41, 5.74) is 1.54. The van der Waals surface area contributed by atoms with Crippen LogP contribution in [0.2, 0.25) is 5.02 Å². The van der Waals surface area contributed by atoms with E-state index in [0.717, 1.165) is 5.56 Å². The molecule has 1 aliphatic rings. The lowest BCUT2D eigenvalue weighted by Crippen LogP contribution is -2.34. The lowest BCUT2D eigenvalue weighted by molar-refractivity contribution is 0.0629. The molecular formula is C16H17ClN2O2. The molecule has 0 radical (unpaired) electrons. The largest absolute Gasteiger partial charge is 0.391 e. The summed E-state index contributed by atoms with van der Waals surface area (Å²) < 4.78 is 1.80. The van der Waals surface area contributed by atoms with Crippen molar-refractivity contribution in [3.05, 3.63) is 58.9 Å². The van der Waals surface area contributed by atoms with Crippen molar-refractivity contribution in [3.63, 3.8) is 0 Å². The summed E-state index contributed by atoms with van der Waals surface area (Å²) in [6, 6.07) is 10.6. The van der Waals surface area contributed by atoms with E-state index in [1.807, 2.05) is 31.4 Å². The highest BCUT2D eigenvalue weighted by Crippen LogP contribution is 2.34. The quantitative estimate of drug-likeness (QED) is 0.927. The minimum atomic E-state index is -0.546. The summed E-state index contributed by atoms with van der Waals surface area (Å²) in [5.74, 6) is -0.0565. The van der Waals surface area contributed by atoms with Crippen LogP contribution >= 0.6 is 11.6 Å². The molecule has 5 heteroatoms. The zero-order chi connectivity index (χ0) is 15.0. The predicted octanol–water partition coefficient (Wildman–Crippen LogP) is 2.63. The molecule has 0 spiro atoms. The van der Waals surface area contributed by atoms with Crippen LogP contribution in [0.1, 0.15) is 28.5 Å². The molecule has 1 fully saturated rings. The number of aliphatic hydroxyl groups is 1. The Kier molecular flexibility index (Phi) is 3.74. The highest BCUT2D eigenvalue weighted by atomic mass is 35.5. The topological polar surface area (TPSA) is 45.5 Å². The van der Waals surface area contributed by atoms with Crippen molar-refractivity contribution in [1.82, 2.24) is 9.47 Å². The van der Waals surface area contributed by atoms with Gasteiger partial charge in [-0.2, -0.15) is 0 Å². The van der Waals surface area contributed by atoms with Gasteiger partial charge in [0.15, 0.2) is 0 Å². The molecule has 2 aromatic rings. The maximum atomic E-state index is 12.7. The van der Waals surface area contributed by atoms with Gasteiger partial charge in [0.1, 0.15) is 5.69 Å². The zero-order valence-electron chi connectivity index (χ0n) is 11.7. The molecule has 1 amide bonds. The van der Waals surface area contributed by atoms with Crippen LogP contribution in [0.25, 0.3) is 0 Å². The number of amides is 1. The van der Waals surface area contributed by atoms with E-state index in [1.165, 1.54) is 0 Å². The first kappa shape index (κ1) is 14.2. The molecule has 1 N–H and O–H groups in total. The number of carbonyl (C=O) groups is 1. The molecule has 21 heavy (non-hydrogen) atoms. The van der Waals surface area contributed by atoms with Crippen molar-refractivity contribution < 1.29 is 9.90 Å². The van der Waals surface area contributed by atoms with Gasteiger partial charge < -0.3 is 14.6 Å². The fourth-order valence-corrected chi connectivity index (χ4v) is 3.02. The number of carbonyl (C=O) groups excluding carboxylic acids is 1. The van der Waals surface area contributed by atoms with E-state index in [2.05, 4.69) is 0 Å². The standard InChI is InChI=1S/C16H17ClN2O2/c1-18-9-2-3-13(18)16(21)19-10-8-14(20)15(19)11-4-6-12(17)7-5-11/h2-7,9,14-15,20H,8,10H2,1H3/t14-,15-/m1/s1. The molecule has 0 bridgehead atoms. The van der Waals surface area contributed by atoms with E-state index in [4.69, 9.17) is 11.6 Å². The lowest BCUT2D eigenvalue weighted by Gasteiger charge is -2.27. The Morgan fingerprint density at radius 2 is 2.00 bits per heavy atom. The fraction of sp³-hybridized carbons (Fsp3) is 0.312. The van der Waals surface area contributed by atoms with Crippen LogP contribution in [0.4, 0.5) is 0 Å². The summed E-state index contributed by atoms with van der Waals surface area (Å²) in [6.07, 6.45) is 1.89. The van der Waals surface area contributed by atoms with Crippen LogP contribution in [0, 0.1) is 0 Å². The molecule has 1 aromatic heterocycles. The highest BCUT2D eigenvalue weighted by Gasteiger charge is 2.37. The van der Waals surface area contributed by atoms with Crippen molar-refractivity contribution in [3.8, 4) is 0 Å². The Bertz CT molecular complexity index is 651. The van der Waals surface area contributed by atoms with Crippen molar-refractivity contribution in [2.75, 3.05) is 6.54 Å². The summed E-state index contributed by atoms with van der Waals surface area (Å²) in [7, 11) is 1.84. The van der Waals surface area contributed by atoms with Gasteiger partial charge in [0.2, 0.25) is 0 Å². The number of rotatable bonds is 2.